The number of urea groups is 1. The van der Waals surface area contributed by atoms with Crippen LogP contribution in [0.25, 0.3) is 0 Å². The highest BCUT2D eigenvalue weighted by atomic mass is 32.2. The number of likely N-dealkylation sites (tertiary alicyclic amines) is 2. The molecule has 13 heteroatoms. The Morgan fingerprint density at radius 2 is 1.68 bits per heavy atom. The molecular weight excluding hydrogens is 657 g/mol. The van der Waals surface area contributed by atoms with E-state index in [0.717, 1.165) is 38.8 Å². The number of pyridine rings is 1. The summed E-state index contributed by atoms with van der Waals surface area (Å²) in [6, 6.07) is 15.3. The fourth-order valence-corrected chi connectivity index (χ4v) is 9.11. The van der Waals surface area contributed by atoms with Crippen LogP contribution in [0, 0.1) is 23.2 Å². The molecule has 3 aliphatic heterocycles. The number of hydrogen-bond donors (Lipinski definition) is 1. The molecule has 0 aliphatic carbocycles. The topological polar surface area (TPSA) is 145 Å². The molecule has 0 bridgehead atoms. The smallest absolute Gasteiger partial charge is 0.318 e. The van der Waals surface area contributed by atoms with E-state index in [2.05, 4.69) is 35.1 Å². The number of nitriles is 1. The van der Waals surface area contributed by atoms with Gasteiger partial charge in [-0.25, -0.2) is 18.2 Å². The Morgan fingerprint density at radius 1 is 1.02 bits per heavy atom. The molecule has 1 N–H and O–H groups in total. The van der Waals surface area contributed by atoms with Gasteiger partial charge < -0.3 is 24.6 Å². The van der Waals surface area contributed by atoms with Crippen LogP contribution in [0.3, 0.4) is 0 Å². The van der Waals surface area contributed by atoms with Crippen LogP contribution in [0.2, 0.25) is 0 Å². The molecule has 2 saturated heterocycles. The van der Waals surface area contributed by atoms with Crippen molar-refractivity contribution >= 4 is 27.6 Å². The molecule has 1 aromatic heterocycles. The number of nitrogens with one attached hydrogen (secondary N) is 1. The van der Waals surface area contributed by atoms with Crippen LogP contribution in [0.1, 0.15) is 63.1 Å². The number of hydrogen-bond acceptors (Lipinski definition) is 9. The predicted octanol–water partition coefficient (Wildman–Crippen LogP) is 4.88. The van der Waals surface area contributed by atoms with Gasteiger partial charge in [-0.15, -0.1) is 0 Å². The molecule has 50 heavy (non-hydrogen) atoms. The van der Waals surface area contributed by atoms with E-state index in [-0.39, 0.29) is 39.8 Å². The highest BCUT2D eigenvalue weighted by Crippen LogP contribution is 2.49. The normalized spacial score (nSPS) is 20.4. The summed E-state index contributed by atoms with van der Waals surface area (Å²) in [5.41, 5.74) is -1.59. The van der Waals surface area contributed by atoms with Gasteiger partial charge in [-0.05, 0) is 126 Å². The first kappa shape index (κ1) is 35.2. The Labute approximate surface area is 294 Å². The zero-order chi connectivity index (χ0) is 35.6. The number of amides is 3. The Hall–Kier alpha value is -4.67. The highest BCUT2D eigenvalue weighted by Gasteiger charge is 2.59. The molecule has 3 amide bonds. The molecule has 0 radical (unpaired) electrons. The first-order valence-electron chi connectivity index (χ1n) is 17.2. The molecule has 1 unspecified atom stereocenters. The van der Waals surface area contributed by atoms with E-state index in [1.807, 2.05) is 0 Å². The minimum atomic E-state index is -4.52. The number of anilines is 1. The van der Waals surface area contributed by atoms with Crippen molar-refractivity contribution in [2.45, 2.75) is 62.9 Å². The minimum Gasteiger partial charge on any atom is -0.497 e. The summed E-state index contributed by atoms with van der Waals surface area (Å²) < 4.78 is 40.5. The van der Waals surface area contributed by atoms with Crippen LogP contribution >= 0.6 is 0 Å². The lowest BCUT2D eigenvalue weighted by Gasteiger charge is -2.42. The van der Waals surface area contributed by atoms with Crippen LogP contribution < -0.4 is 19.1 Å². The number of carbonyl (C=O) groups is 2. The molecule has 264 valence electrons. The second-order valence-electron chi connectivity index (χ2n) is 13.4. The standard InChI is InChI=1S/C37H44N6O6S/c1-5-49-34-31(7-6-18-39-34)37(40-36(45)42-21-16-28(17-22-42)27-14-19-41(20-15-27)25(2)3)32-23-26(24-38)8-13-33(32)43(35(37)44)50(46,47)30-11-9-29(48-4)10-12-30/h6-13,18,23,25,27-28H,5,14-17,19-22H2,1-4H3,(H,40,45). The van der Waals surface area contributed by atoms with Gasteiger partial charge in [0.15, 0.2) is 5.54 Å². The monoisotopic (exact) mass is 700 g/mol. The zero-order valence-corrected chi connectivity index (χ0v) is 29.8. The van der Waals surface area contributed by atoms with Crippen molar-refractivity contribution in [1.82, 2.24) is 20.1 Å². The fraction of sp³-hybridized carbons (Fsp3) is 0.459. The van der Waals surface area contributed by atoms with Gasteiger partial charge in [0.2, 0.25) is 5.88 Å². The van der Waals surface area contributed by atoms with E-state index in [4.69, 9.17) is 9.47 Å². The number of piperidine rings is 2. The number of benzene rings is 2. The number of aromatic nitrogens is 1. The average molecular weight is 701 g/mol. The third kappa shape index (κ3) is 6.26. The summed E-state index contributed by atoms with van der Waals surface area (Å²) in [4.78, 5) is 37.8. The van der Waals surface area contributed by atoms with Crippen LogP contribution in [0.15, 0.2) is 65.7 Å². The number of methoxy groups -OCH3 is 1. The molecule has 2 aromatic carbocycles. The van der Waals surface area contributed by atoms with Crippen molar-refractivity contribution in [2.24, 2.45) is 11.8 Å². The SMILES string of the molecule is CCOc1ncccc1C1(NC(=O)N2CCC(C3CCN(C(C)C)CC3)CC2)C(=O)N(S(=O)(=O)c2ccc(OC)cc2)c2ccc(C#N)cc21. The molecule has 2 fully saturated rings. The minimum absolute atomic E-state index is 0.0165. The number of nitrogens with zero attached hydrogens (tertiary/aromatic N) is 5. The van der Waals surface area contributed by atoms with E-state index in [1.54, 1.807) is 24.0 Å². The van der Waals surface area contributed by atoms with Gasteiger partial charge in [0.05, 0.1) is 41.5 Å². The largest absolute Gasteiger partial charge is 0.497 e. The predicted molar refractivity (Wildman–Crippen MR) is 187 cm³/mol. The Kier molecular flexibility index (Phi) is 10.0. The molecule has 0 saturated carbocycles. The molecular formula is C37H44N6O6S. The fourth-order valence-electron chi connectivity index (χ4n) is 7.65. The lowest BCUT2D eigenvalue weighted by molar-refractivity contribution is -0.121. The summed E-state index contributed by atoms with van der Waals surface area (Å²) >= 11 is 0. The lowest BCUT2D eigenvalue weighted by Crippen LogP contribution is -2.58. The lowest BCUT2D eigenvalue weighted by atomic mass is 9.78. The van der Waals surface area contributed by atoms with E-state index < -0.39 is 27.5 Å². The van der Waals surface area contributed by atoms with Crippen LogP contribution in [-0.4, -0.2) is 81.1 Å². The Bertz CT molecular complexity index is 1880. The van der Waals surface area contributed by atoms with E-state index in [1.165, 1.54) is 55.8 Å². The number of carbonyl (C=O) groups excluding carboxylic acids is 2. The van der Waals surface area contributed by atoms with Crippen molar-refractivity contribution in [3.8, 4) is 17.7 Å². The molecule has 4 heterocycles. The van der Waals surface area contributed by atoms with Crippen molar-refractivity contribution in [3.63, 3.8) is 0 Å². The third-order valence-electron chi connectivity index (χ3n) is 10.4. The second kappa shape index (κ2) is 14.3. The van der Waals surface area contributed by atoms with Gasteiger partial charge in [0.1, 0.15) is 5.75 Å². The number of sulfonamides is 1. The molecule has 1 atom stereocenters. The molecule has 0 spiro atoms. The summed E-state index contributed by atoms with van der Waals surface area (Å²) in [5.74, 6) is 0.677. The van der Waals surface area contributed by atoms with Crippen molar-refractivity contribution < 1.29 is 27.5 Å². The molecule has 3 aliphatic rings. The first-order valence-corrected chi connectivity index (χ1v) is 18.7. The Morgan fingerprint density at radius 3 is 2.28 bits per heavy atom. The molecule has 3 aromatic rings. The number of rotatable bonds is 9. The summed E-state index contributed by atoms with van der Waals surface area (Å²) in [6.45, 7) is 9.58. The molecule has 12 nitrogen and oxygen atoms in total. The van der Waals surface area contributed by atoms with E-state index in [9.17, 15) is 18.5 Å². The van der Waals surface area contributed by atoms with E-state index >= 15 is 4.79 Å². The van der Waals surface area contributed by atoms with Gasteiger partial charge in [0, 0.05) is 30.9 Å². The summed E-state index contributed by atoms with van der Waals surface area (Å²) in [6.07, 6.45) is 5.46. The number of ether oxygens (including phenoxy) is 2. The van der Waals surface area contributed by atoms with Crippen LogP contribution in [0.5, 0.6) is 11.6 Å². The van der Waals surface area contributed by atoms with Crippen molar-refractivity contribution in [3.05, 3.63) is 77.5 Å². The van der Waals surface area contributed by atoms with Gasteiger partial charge in [-0.1, -0.05) is 0 Å². The average Bonchev–Trinajstić information content (AvgIpc) is 3.39. The summed E-state index contributed by atoms with van der Waals surface area (Å²) in [5, 5.41) is 12.9. The van der Waals surface area contributed by atoms with Gasteiger partial charge in [-0.2, -0.15) is 9.57 Å². The quantitative estimate of drug-likeness (QED) is 0.330. The maximum absolute atomic E-state index is 15.1. The van der Waals surface area contributed by atoms with Crippen LogP contribution in [-0.2, 0) is 20.4 Å². The number of fused-ring (bicyclic) bond motifs is 1. The zero-order valence-electron chi connectivity index (χ0n) is 29.0. The van der Waals surface area contributed by atoms with Gasteiger partial charge in [-0.3, -0.25) is 4.79 Å². The van der Waals surface area contributed by atoms with Crippen molar-refractivity contribution in [2.75, 3.05) is 44.2 Å². The Balaban J connectivity index is 1.38. The molecule has 6 rings (SSSR count). The summed E-state index contributed by atoms with van der Waals surface area (Å²) in [7, 11) is -3.06. The third-order valence-corrected chi connectivity index (χ3v) is 12.1. The maximum atomic E-state index is 15.1. The highest BCUT2D eigenvalue weighted by molar-refractivity contribution is 7.93. The first-order chi connectivity index (χ1) is 24.0. The van der Waals surface area contributed by atoms with E-state index in [0.29, 0.717) is 41.0 Å². The van der Waals surface area contributed by atoms with Gasteiger partial charge >= 0.3 is 6.03 Å². The van der Waals surface area contributed by atoms with Gasteiger partial charge in [0.25, 0.3) is 15.9 Å². The maximum Gasteiger partial charge on any atom is 0.318 e. The van der Waals surface area contributed by atoms with Crippen LogP contribution in [0.4, 0.5) is 10.5 Å². The second-order valence-corrected chi connectivity index (χ2v) is 15.1. The van der Waals surface area contributed by atoms with Crippen molar-refractivity contribution in [1.29, 1.82) is 5.26 Å².